The molecule has 0 aliphatic rings. The number of Topliss-reactive ketones (excluding diaryl/α,β-unsaturated/α-hetero) is 1. The van der Waals surface area contributed by atoms with Crippen LogP contribution in [-0.4, -0.2) is 33.9 Å². The molecular formula is C20H20N4O3. The number of ketones is 1. The maximum atomic E-state index is 12.7. The lowest BCUT2D eigenvalue weighted by atomic mass is 9.95. The highest BCUT2D eigenvalue weighted by molar-refractivity contribution is 6.00. The molecule has 0 radical (unpaired) electrons. The Morgan fingerprint density at radius 2 is 1.89 bits per heavy atom. The number of rotatable bonds is 6. The van der Waals surface area contributed by atoms with Gasteiger partial charge < -0.3 is 9.73 Å². The number of pyridine rings is 1. The number of aromatic nitrogens is 3. The van der Waals surface area contributed by atoms with E-state index in [2.05, 4.69) is 20.5 Å². The second-order valence-electron chi connectivity index (χ2n) is 6.19. The number of aryl methyl sites for hydroxylation is 1. The summed E-state index contributed by atoms with van der Waals surface area (Å²) in [7, 11) is 1.53. The quantitative estimate of drug-likeness (QED) is 0.675. The summed E-state index contributed by atoms with van der Waals surface area (Å²) >= 11 is 0. The number of carbonyl (C=O) groups excluding carboxylic acids is 2. The highest BCUT2D eigenvalue weighted by Crippen LogP contribution is 2.24. The second kappa shape index (κ2) is 7.90. The fourth-order valence-electron chi connectivity index (χ4n) is 2.74. The van der Waals surface area contributed by atoms with Crippen LogP contribution in [-0.2, 0) is 6.42 Å². The Balaban J connectivity index is 1.97. The van der Waals surface area contributed by atoms with Gasteiger partial charge in [0.15, 0.2) is 5.78 Å². The lowest BCUT2D eigenvalue weighted by molar-refractivity contribution is 0.0958. The Labute approximate surface area is 156 Å². The van der Waals surface area contributed by atoms with Crippen molar-refractivity contribution >= 4 is 11.7 Å². The van der Waals surface area contributed by atoms with E-state index in [0.717, 1.165) is 5.56 Å². The van der Waals surface area contributed by atoms with Crippen LogP contribution in [0.25, 0.3) is 0 Å². The summed E-state index contributed by atoms with van der Waals surface area (Å²) in [6.07, 6.45) is -0.0306. The summed E-state index contributed by atoms with van der Waals surface area (Å²) in [5, 5.41) is 10.1. The Bertz CT molecular complexity index is 966. The molecule has 0 bridgehead atoms. The third kappa shape index (κ3) is 4.25. The third-order valence-electron chi connectivity index (χ3n) is 4.25. The van der Waals surface area contributed by atoms with Crippen molar-refractivity contribution in [3.63, 3.8) is 0 Å². The molecule has 0 fully saturated rings. The Kier molecular flexibility index (Phi) is 5.40. The number of hydrogen-bond acceptors (Lipinski definition) is 6. The molecular weight excluding hydrogens is 344 g/mol. The summed E-state index contributed by atoms with van der Waals surface area (Å²) in [6.45, 7) is 3.65. The number of hydrogen-bond donors (Lipinski definition) is 1. The van der Waals surface area contributed by atoms with E-state index in [4.69, 9.17) is 4.42 Å². The molecule has 7 heteroatoms. The molecule has 2 aromatic heterocycles. The molecule has 0 aliphatic heterocycles. The minimum atomic E-state index is -0.347. The number of carbonyl (C=O) groups is 2. The van der Waals surface area contributed by atoms with Gasteiger partial charge in [0, 0.05) is 31.1 Å². The molecule has 138 valence electrons. The van der Waals surface area contributed by atoms with E-state index in [1.54, 1.807) is 13.0 Å². The van der Waals surface area contributed by atoms with Crippen molar-refractivity contribution in [3.8, 4) is 0 Å². The number of nitrogens with one attached hydrogen (secondary N) is 1. The molecule has 0 spiro atoms. The molecule has 0 saturated carbocycles. The zero-order valence-corrected chi connectivity index (χ0v) is 15.4. The van der Waals surface area contributed by atoms with Gasteiger partial charge in [0.25, 0.3) is 5.91 Å². The van der Waals surface area contributed by atoms with E-state index >= 15 is 0 Å². The van der Waals surface area contributed by atoms with Gasteiger partial charge in [-0.25, -0.2) is 4.98 Å². The fraction of sp³-hybridized carbons (Fsp3) is 0.250. The Morgan fingerprint density at radius 3 is 2.52 bits per heavy atom. The molecule has 7 nitrogen and oxygen atoms in total. The average molecular weight is 364 g/mol. The van der Waals surface area contributed by atoms with Crippen molar-refractivity contribution in [2.75, 3.05) is 7.05 Å². The lowest BCUT2D eigenvalue weighted by Gasteiger charge is -2.14. The van der Waals surface area contributed by atoms with Gasteiger partial charge in [-0.1, -0.05) is 37.3 Å². The van der Waals surface area contributed by atoms with Crippen LogP contribution < -0.4 is 5.32 Å². The molecule has 1 aromatic carbocycles. The van der Waals surface area contributed by atoms with Crippen molar-refractivity contribution < 1.29 is 14.0 Å². The first-order valence-electron chi connectivity index (χ1n) is 8.59. The van der Waals surface area contributed by atoms with Crippen LogP contribution >= 0.6 is 0 Å². The molecule has 0 aliphatic carbocycles. The van der Waals surface area contributed by atoms with Crippen LogP contribution in [0.15, 0.2) is 46.9 Å². The zero-order valence-electron chi connectivity index (χ0n) is 15.4. The predicted molar refractivity (Wildman–Crippen MR) is 98.7 cm³/mol. The first-order valence-corrected chi connectivity index (χ1v) is 8.59. The van der Waals surface area contributed by atoms with E-state index in [-0.39, 0.29) is 35.6 Å². The monoisotopic (exact) mass is 364 g/mol. The van der Waals surface area contributed by atoms with Crippen LogP contribution in [0, 0.1) is 6.92 Å². The van der Waals surface area contributed by atoms with Gasteiger partial charge in [-0.2, -0.15) is 0 Å². The van der Waals surface area contributed by atoms with E-state index in [1.165, 1.54) is 13.1 Å². The molecule has 1 N–H and O–H groups in total. The molecule has 3 rings (SSSR count). The summed E-state index contributed by atoms with van der Waals surface area (Å²) < 4.78 is 5.28. The largest absolute Gasteiger partial charge is 0.425 e. The van der Waals surface area contributed by atoms with Gasteiger partial charge in [0.05, 0.1) is 6.42 Å². The predicted octanol–water partition coefficient (Wildman–Crippen LogP) is 2.71. The molecule has 1 atom stereocenters. The van der Waals surface area contributed by atoms with Crippen LogP contribution in [0.3, 0.4) is 0 Å². The van der Waals surface area contributed by atoms with E-state index < -0.39 is 0 Å². The van der Waals surface area contributed by atoms with E-state index in [1.807, 2.05) is 37.3 Å². The standard InChI is InChI=1S/C20H20N4O3/c1-12(14-7-5-4-6-8-14)16-9-15(10-17(22-16)20(26)21-3)18(25)11-19-24-23-13(2)27-19/h4-10,12H,11H2,1-3H3,(H,21,26)/t12-/m0/s1. The minimum Gasteiger partial charge on any atom is -0.425 e. The molecule has 0 unspecified atom stereocenters. The van der Waals surface area contributed by atoms with Gasteiger partial charge in [0.1, 0.15) is 5.69 Å². The third-order valence-corrected chi connectivity index (χ3v) is 4.25. The smallest absolute Gasteiger partial charge is 0.269 e. The van der Waals surface area contributed by atoms with Crippen molar-refractivity contribution in [1.82, 2.24) is 20.5 Å². The maximum Gasteiger partial charge on any atom is 0.269 e. The van der Waals surface area contributed by atoms with Crippen LogP contribution in [0.4, 0.5) is 0 Å². The van der Waals surface area contributed by atoms with Crippen molar-refractivity contribution in [3.05, 3.63) is 76.8 Å². The van der Waals surface area contributed by atoms with Crippen LogP contribution in [0.5, 0.6) is 0 Å². The van der Waals surface area contributed by atoms with E-state index in [0.29, 0.717) is 17.1 Å². The van der Waals surface area contributed by atoms with Gasteiger partial charge in [0.2, 0.25) is 11.8 Å². The van der Waals surface area contributed by atoms with Gasteiger partial charge >= 0.3 is 0 Å². The Morgan fingerprint density at radius 1 is 1.15 bits per heavy atom. The number of nitrogens with zero attached hydrogens (tertiary/aromatic N) is 3. The first kappa shape index (κ1) is 18.4. The summed E-state index contributed by atoms with van der Waals surface area (Å²) in [5.74, 6) is 0.00551. The van der Waals surface area contributed by atoms with Gasteiger partial charge in [-0.05, 0) is 17.7 Å². The highest BCUT2D eigenvalue weighted by Gasteiger charge is 2.19. The second-order valence-corrected chi connectivity index (χ2v) is 6.19. The topological polar surface area (TPSA) is 98.0 Å². The van der Waals surface area contributed by atoms with Crippen molar-refractivity contribution in [2.24, 2.45) is 0 Å². The molecule has 0 saturated heterocycles. The summed E-state index contributed by atoms with van der Waals surface area (Å²) in [4.78, 5) is 29.3. The molecule has 1 amide bonds. The zero-order chi connectivity index (χ0) is 19.4. The average Bonchev–Trinajstić information content (AvgIpc) is 3.11. The van der Waals surface area contributed by atoms with Crippen molar-refractivity contribution in [2.45, 2.75) is 26.2 Å². The van der Waals surface area contributed by atoms with Crippen molar-refractivity contribution in [1.29, 1.82) is 0 Å². The van der Waals surface area contributed by atoms with Crippen LogP contribution in [0.1, 0.15) is 56.7 Å². The highest BCUT2D eigenvalue weighted by atomic mass is 16.4. The summed E-state index contributed by atoms with van der Waals surface area (Å²) in [5.41, 5.74) is 2.28. The van der Waals surface area contributed by atoms with Crippen LogP contribution in [0.2, 0.25) is 0 Å². The first-order chi connectivity index (χ1) is 13.0. The van der Waals surface area contributed by atoms with E-state index in [9.17, 15) is 9.59 Å². The Hall–Kier alpha value is -3.35. The SMILES string of the molecule is CNC(=O)c1cc(C(=O)Cc2nnc(C)o2)cc([C@@H](C)c2ccccc2)n1. The minimum absolute atomic E-state index is 0.0306. The molecule has 2 heterocycles. The van der Waals surface area contributed by atoms with Gasteiger partial charge in [-0.3, -0.25) is 9.59 Å². The molecule has 27 heavy (non-hydrogen) atoms. The number of benzene rings is 1. The molecule has 3 aromatic rings. The lowest BCUT2D eigenvalue weighted by Crippen LogP contribution is -2.21. The normalized spacial score (nSPS) is 11.8. The number of amides is 1. The maximum absolute atomic E-state index is 12.7. The summed E-state index contributed by atoms with van der Waals surface area (Å²) in [6, 6.07) is 13.0. The fourth-order valence-corrected chi connectivity index (χ4v) is 2.74. The van der Waals surface area contributed by atoms with Gasteiger partial charge in [-0.15, -0.1) is 10.2 Å².